The van der Waals surface area contributed by atoms with Crippen LogP contribution in [0.4, 0.5) is 0 Å². The summed E-state index contributed by atoms with van der Waals surface area (Å²) in [4.78, 5) is 0. The minimum Gasteiger partial charge on any atom is -0.0654 e. The van der Waals surface area contributed by atoms with E-state index in [2.05, 4.69) is 27.2 Å². The van der Waals surface area contributed by atoms with Crippen molar-refractivity contribution in [2.24, 2.45) is 5.92 Å². The van der Waals surface area contributed by atoms with Gasteiger partial charge in [0, 0.05) is 0 Å². The SMILES string of the molecule is CCCCCCCCCCCCC[CH]C(C)CC. The van der Waals surface area contributed by atoms with Gasteiger partial charge in [0.05, 0.1) is 0 Å². The summed E-state index contributed by atoms with van der Waals surface area (Å²) in [6.45, 7) is 6.90. The van der Waals surface area contributed by atoms with Gasteiger partial charge >= 0.3 is 0 Å². The van der Waals surface area contributed by atoms with Crippen LogP contribution >= 0.6 is 0 Å². The zero-order valence-electron chi connectivity index (χ0n) is 13.3. The third-order valence-electron chi connectivity index (χ3n) is 4.02. The van der Waals surface area contributed by atoms with Gasteiger partial charge in [-0.25, -0.2) is 0 Å². The Bertz CT molecular complexity index is 139. The Morgan fingerprint density at radius 1 is 0.667 bits per heavy atom. The molecule has 0 rings (SSSR count). The maximum absolute atomic E-state index is 2.51. The predicted octanol–water partition coefficient (Wildman–Crippen LogP) is 6.94. The monoisotopic (exact) mass is 253 g/mol. The highest BCUT2D eigenvalue weighted by atomic mass is 14.0. The second kappa shape index (κ2) is 15.1. The first-order chi connectivity index (χ1) is 8.81. The van der Waals surface area contributed by atoms with Crippen LogP contribution in [0.1, 0.15) is 104 Å². The molecular formula is C18H37. The van der Waals surface area contributed by atoms with Crippen LogP contribution in [0.15, 0.2) is 0 Å². The summed E-state index contributed by atoms with van der Waals surface area (Å²) in [5.41, 5.74) is 0. The Balaban J connectivity index is 2.94. The summed E-state index contributed by atoms with van der Waals surface area (Å²) in [7, 11) is 0. The van der Waals surface area contributed by atoms with Crippen LogP contribution < -0.4 is 0 Å². The summed E-state index contributed by atoms with van der Waals surface area (Å²) in [5, 5.41) is 0. The van der Waals surface area contributed by atoms with Crippen molar-refractivity contribution in [1.29, 1.82) is 0 Å². The third-order valence-corrected chi connectivity index (χ3v) is 4.02. The first kappa shape index (κ1) is 18.0. The van der Waals surface area contributed by atoms with Crippen LogP contribution in [0.5, 0.6) is 0 Å². The van der Waals surface area contributed by atoms with Crippen molar-refractivity contribution >= 4 is 0 Å². The van der Waals surface area contributed by atoms with Crippen LogP contribution in [-0.2, 0) is 0 Å². The molecule has 1 atom stereocenters. The van der Waals surface area contributed by atoms with Gasteiger partial charge in [0.25, 0.3) is 0 Å². The van der Waals surface area contributed by atoms with Gasteiger partial charge in [0.2, 0.25) is 0 Å². The fourth-order valence-electron chi connectivity index (χ4n) is 2.38. The molecule has 0 saturated carbocycles. The standard InChI is InChI=1S/C18H37/c1-4-6-7-8-9-10-11-12-13-14-15-16-17-18(3)5-2/h17-18H,4-16H2,1-3H3. The molecule has 0 nitrogen and oxygen atoms in total. The molecule has 0 amide bonds. The molecule has 1 radical (unpaired) electrons. The Hall–Kier alpha value is 0. The van der Waals surface area contributed by atoms with E-state index in [0.29, 0.717) is 0 Å². The fourth-order valence-corrected chi connectivity index (χ4v) is 2.38. The van der Waals surface area contributed by atoms with Crippen molar-refractivity contribution in [2.45, 2.75) is 104 Å². The van der Waals surface area contributed by atoms with Gasteiger partial charge in [-0.15, -0.1) is 0 Å². The fraction of sp³-hybridized carbons (Fsp3) is 0.944. The highest BCUT2D eigenvalue weighted by molar-refractivity contribution is 4.70. The van der Waals surface area contributed by atoms with E-state index in [-0.39, 0.29) is 0 Å². The van der Waals surface area contributed by atoms with E-state index in [1.807, 2.05) is 0 Å². The molecule has 0 heteroatoms. The molecule has 0 spiro atoms. The zero-order valence-corrected chi connectivity index (χ0v) is 13.3. The normalized spacial score (nSPS) is 12.8. The highest BCUT2D eigenvalue weighted by Gasteiger charge is 1.98. The van der Waals surface area contributed by atoms with Gasteiger partial charge in [-0.2, -0.15) is 0 Å². The lowest BCUT2D eigenvalue weighted by Crippen LogP contribution is -1.92. The number of hydrogen-bond donors (Lipinski definition) is 0. The molecule has 0 N–H and O–H groups in total. The molecule has 18 heavy (non-hydrogen) atoms. The maximum atomic E-state index is 2.51. The molecule has 0 aromatic heterocycles. The Morgan fingerprint density at radius 2 is 1.11 bits per heavy atom. The minimum absolute atomic E-state index is 0.827. The van der Waals surface area contributed by atoms with E-state index in [9.17, 15) is 0 Å². The second-order valence-electron chi connectivity index (χ2n) is 5.95. The molecule has 0 aromatic carbocycles. The van der Waals surface area contributed by atoms with Gasteiger partial charge in [-0.3, -0.25) is 0 Å². The van der Waals surface area contributed by atoms with Crippen molar-refractivity contribution in [1.82, 2.24) is 0 Å². The molecule has 0 heterocycles. The lowest BCUT2D eigenvalue weighted by Gasteiger charge is -2.07. The van der Waals surface area contributed by atoms with Crippen molar-refractivity contribution in [2.75, 3.05) is 0 Å². The van der Waals surface area contributed by atoms with Gasteiger partial charge < -0.3 is 0 Å². The summed E-state index contributed by atoms with van der Waals surface area (Å²) < 4.78 is 0. The van der Waals surface area contributed by atoms with Crippen LogP contribution in [0, 0.1) is 12.3 Å². The van der Waals surface area contributed by atoms with Crippen LogP contribution in [0.2, 0.25) is 0 Å². The van der Waals surface area contributed by atoms with E-state index in [1.165, 1.54) is 83.5 Å². The Labute approximate surface area is 117 Å². The average Bonchev–Trinajstić information content (AvgIpc) is 2.39. The minimum atomic E-state index is 0.827. The van der Waals surface area contributed by atoms with E-state index < -0.39 is 0 Å². The number of unbranched alkanes of at least 4 members (excludes halogenated alkanes) is 11. The zero-order chi connectivity index (χ0) is 13.5. The number of rotatable bonds is 14. The van der Waals surface area contributed by atoms with E-state index in [4.69, 9.17) is 0 Å². The van der Waals surface area contributed by atoms with Gasteiger partial charge in [0.1, 0.15) is 0 Å². The van der Waals surface area contributed by atoms with Crippen molar-refractivity contribution in [3.8, 4) is 0 Å². The van der Waals surface area contributed by atoms with E-state index in [1.54, 1.807) is 0 Å². The van der Waals surface area contributed by atoms with Crippen molar-refractivity contribution in [3.63, 3.8) is 0 Å². The summed E-state index contributed by atoms with van der Waals surface area (Å²) in [6, 6.07) is 0. The summed E-state index contributed by atoms with van der Waals surface area (Å²) in [5.74, 6) is 0.827. The summed E-state index contributed by atoms with van der Waals surface area (Å²) >= 11 is 0. The molecule has 0 aliphatic rings. The Kier molecular flexibility index (Phi) is 15.1. The predicted molar refractivity (Wildman–Crippen MR) is 84.8 cm³/mol. The van der Waals surface area contributed by atoms with Crippen LogP contribution in [-0.4, -0.2) is 0 Å². The molecule has 0 fully saturated rings. The molecule has 0 aliphatic carbocycles. The van der Waals surface area contributed by atoms with Crippen molar-refractivity contribution in [3.05, 3.63) is 6.42 Å². The molecule has 109 valence electrons. The highest BCUT2D eigenvalue weighted by Crippen LogP contribution is 2.14. The molecule has 0 bridgehead atoms. The average molecular weight is 253 g/mol. The smallest absolute Gasteiger partial charge is 0.0358 e. The summed E-state index contributed by atoms with van der Waals surface area (Å²) in [6.07, 6.45) is 21.1. The van der Waals surface area contributed by atoms with Crippen LogP contribution in [0.25, 0.3) is 0 Å². The van der Waals surface area contributed by atoms with E-state index in [0.717, 1.165) is 5.92 Å². The topological polar surface area (TPSA) is 0 Å². The first-order valence-electron chi connectivity index (χ1n) is 8.64. The Morgan fingerprint density at radius 3 is 1.56 bits per heavy atom. The second-order valence-corrected chi connectivity index (χ2v) is 5.95. The quantitative estimate of drug-likeness (QED) is 0.294. The lowest BCUT2D eigenvalue weighted by atomic mass is 9.99. The van der Waals surface area contributed by atoms with Gasteiger partial charge in [-0.05, 0) is 18.8 Å². The maximum Gasteiger partial charge on any atom is -0.0358 e. The largest absolute Gasteiger partial charge is 0.0654 e. The van der Waals surface area contributed by atoms with Gasteiger partial charge in [-0.1, -0.05) is 97.8 Å². The third kappa shape index (κ3) is 14.1. The molecule has 0 saturated heterocycles. The van der Waals surface area contributed by atoms with E-state index >= 15 is 0 Å². The van der Waals surface area contributed by atoms with Gasteiger partial charge in [0.15, 0.2) is 0 Å². The molecule has 1 unspecified atom stereocenters. The van der Waals surface area contributed by atoms with Crippen LogP contribution in [0.3, 0.4) is 0 Å². The molecule has 0 aliphatic heterocycles. The number of hydrogen-bond acceptors (Lipinski definition) is 0. The first-order valence-corrected chi connectivity index (χ1v) is 8.64. The lowest BCUT2D eigenvalue weighted by molar-refractivity contribution is 0.538. The molecule has 0 aromatic rings. The molecular weight excluding hydrogens is 216 g/mol. The van der Waals surface area contributed by atoms with Crippen molar-refractivity contribution < 1.29 is 0 Å².